The highest BCUT2D eigenvalue weighted by molar-refractivity contribution is 9.10. The van der Waals surface area contributed by atoms with Crippen LogP contribution in [0.25, 0.3) is 22.3 Å². The average Bonchev–Trinajstić information content (AvgIpc) is 2.96. The molecule has 1 N–H and O–H groups in total. The van der Waals surface area contributed by atoms with Gasteiger partial charge in [0.05, 0.1) is 29.1 Å². The third-order valence-electron chi connectivity index (χ3n) is 5.19. The van der Waals surface area contributed by atoms with E-state index in [0.717, 1.165) is 51.0 Å². The second-order valence-electron chi connectivity index (χ2n) is 6.85. The van der Waals surface area contributed by atoms with Gasteiger partial charge >= 0.3 is 6.09 Å². The van der Waals surface area contributed by atoms with E-state index in [4.69, 9.17) is 15.2 Å². The molecule has 1 amide bonds. The lowest BCUT2D eigenvalue weighted by molar-refractivity contribution is 0.123. The van der Waals surface area contributed by atoms with E-state index in [2.05, 4.69) is 20.9 Å². The molecule has 1 aromatic carbocycles. The second-order valence-corrected chi connectivity index (χ2v) is 7.71. The number of aryl methyl sites for hydroxylation is 1. The molecule has 0 unspecified atom stereocenters. The van der Waals surface area contributed by atoms with Crippen LogP contribution in [-0.4, -0.2) is 48.9 Å². The summed E-state index contributed by atoms with van der Waals surface area (Å²) in [6.07, 6.45) is 2.48. The van der Waals surface area contributed by atoms with Crippen molar-refractivity contribution in [2.75, 3.05) is 13.1 Å². The Morgan fingerprint density at radius 3 is 2.70 bits per heavy atom. The quantitative estimate of drug-likeness (QED) is 0.659. The van der Waals surface area contributed by atoms with E-state index >= 15 is 0 Å². The highest BCUT2D eigenvalue weighted by Crippen LogP contribution is 2.32. The number of nitrogens with zero attached hydrogens (tertiary/aromatic N) is 5. The van der Waals surface area contributed by atoms with Gasteiger partial charge < -0.3 is 10.0 Å². The van der Waals surface area contributed by atoms with Gasteiger partial charge in [0.15, 0.2) is 0 Å². The molecule has 4 rings (SSSR count). The van der Waals surface area contributed by atoms with E-state index in [9.17, 15) is 4.79 Å². The molecule has 0 aliphatic carbocycles. The molecule has 0 saturated carbocycles. The summed E-state index contributed by atoms with van der Waals surface area (Å²) in [6.45, 7) is 5.11. The number of rotatable bonds is 2. The number of amides is 1. The number of para-hydroxylation sites is 1. The predicted molar refractivity (Wildman–Crippen MR) is 106 cm³/mol. The molecule has 140 valence electrons. The van der Waals surface area contributed by atoms with Crippen LogP contribution in [0.3, 0.4) is 0 Å². The van der Waals surface area contributed by atoms with Crippen LogP contribution in [0.15, 0.2) is 28.9 Å². The Hall–Kier alpha value is -2.48. The van der Waals surface area contributed by atoms with E-state index in [0.29, 0.717) is 13.1 Å². The topological polar surface area (TPSA) is 84.1 Å². The maximum absolute atomic E-state index is 11.1. The third-order valence-corrected chi connectivity index (χ3v) is 5.83. The van der Waals surface area contributed by atoms with Crippen LogP contribution in [0.2, 0.25) is 0 Å². The molecule has 0 bridgehead atoms. The zero-order valence-electron chi connectivity index (χ0n) is 15.2. The van der Waals surface area contributed by atoms with Crippen molar-refractivity contribution in [2.24, 2.45) is 0 Å². The normalized spacial score (nSPS) is 15.4. The van der Waals surface area contributed by atoms with Gasteiger partial charge in [0.25, 0.3) is 0 Å². The van der Waals surface area contributed by atoms with E-state index in [1.165, 1.54) is 4.90 Å². The molecular formula is C19H20BrN5O2. The minimum absolute atomic E-state index is 0.202. The molecular weight excluding hydrogens is 410 g/mol. The maximum Gasteiger partial charge on any atom is 0.407 e. The SMILES string of the molecule is Cc1nn(C2CCN(C(=O)O)CC2)c(C)c1-c1cnc2cccc(Br)c2n1. The molecule has 1 aliphatic rings. The Bertz CT molecular complexity index is 1020. The number of hydrogen-bond acceptors (Lipinski definition) is 4. The van der Waals surface area contributed by atoms with Gasteiger partial charge in [-0.3, -0.25) is 9.67 Å². The zero-order valence-corrected chi connectivity index (χ0v) is 16.8. The molecule has 0 radical (unpaired) electrons. The maximum atomic E-state index is 11.1. The Balaban J connectivity index is 1.69. The number of halogens is 1. The number of benzene rings is 1. The highest BCUT2D eigenvalue weighted by atomic mass is 79.9. The number of carbonyl (C=O) groups is 1. The summed E-state index contributed by atoms with van der Waals surface area (Å²) < 4.78 is 2.95. The minimum Gasteiger partial charge on any atom is -0.465 e. The van der Waals surface area contributed by atoms with Crippen molar-refractivity contribution in [3.05, 3.63) is 40.3 Å². The average molecular weight is 430 g/mol. The number of piperidine rings is 1. The van der Waals surface area contributed by atoms with Crippen molar-refractivity contribution < 1.29 is 9.90 Å². The van der Waals surface area contributed by atoms with Crippen molar-refractivity contribution in [2.45, 2.75) is 32.7 Å². The molecule has 7 nitrogen and oxygen atoms in total. The lowest BCUT2D eigenvalue weighted by Gasteiger charge is -2.30. The molecule has 3 heterocycles. The van der Waals surface area contributed by atoms with Gasteiger partial charge in [-0.15, -0.1) is 0 Å². The fourth-order valence-electron chi connectivity index (χ4n) is 3.81. The van der Waals surface area contributed by atoms with Crippen molar-refractivity contribution in [3.8, 4) is 11.3 Å². The van der Waals surface area contributed by atoms with Crippen molar-refractivity contribution in [3.63, 3.8) is 0 Å². The summed E-state index contributed by atoms with van der Waals surface area (Å²) in [7, 11) is 0. The van der Waals surface area contributed by atoms with Gasteiger partial charge in [0.1, 0.15) is 5.52 Å². The first-order valence-electron chi connectivity index (χ1n) is 8.91. The van der Waals surface area contributed by atoms with Crippen molar-refractivity contribution in [1.82, 2.24) is 24.6 Å². The van der Waals surface area contributed by atoms with Crippen molar-refractivity contribution in [1.29, 1.82) is 0 Å². The Kier molecular flexibility index (Phi) is 4.59. The van der Waals surface area contributed by atoms with Gasteiger partial charge in [-0.25, -0.2) is 9.78 Å². The number of fused-ring (bicyclic) bond motifs is 1. The molecule has 0 spiro atoms. The predicted octanol–water partition coefficient (Wildman–Crippen LogP) is 4.19. The van der Waals surface area contributed by atoms with E-state index < -0.39 is 6.09 Å². The third kappa shape index (κ3) is 3.18. The number of carboxylic acid groups (broad SMARTS) is 1. The first-order chi connectivity index (χ1) is 13.0. The Morgan fingerprint density at radius 1 is 1.26 bits per heavy atom. The molecule has 3 aromatic rings. The summed E-state index contributed by atoms with van der Waals surface area (Å²) >= 11 is 3.55. The van der Waals surface area contributed by atoms with Crippen LogP contribution in [0.5, 0.6) is 0 Å². The fourth-order valence-corrected chi connectivity index (χ4v) is 4.25. The molecule has 2 aromatic heterocycles. The van der Waals surface area contributed by atoms with Gasteiger partial charge in [0, 0.05) is 28.8 Å². The largest absolute Gasteiger partial charge is 0.465 e. The molecule has 27 heavy (non-hydrogen) atoms. The fraction of sp³-hybridized carbons (Fsp3) is 0.368. The van der Waals surface area contributed by atoms with Crippen molar-refractivity contribution >= 4 is 33.1 Å². The monoisotopic (exact) mass is 429 g/mol. The summed E-state index contributed by atoms with van der Waals surface area (Å²) in [4.78, 5) is 22.0. The number of aromatic nitrogens is 4. The first-order valence-corrected chi connectivity index (χ1v) is 9.70. The minimum atomic E-state index is -0.848. The van der Waals surface area contributed by atoms with Crippen LogP contribution < -0.4 is 0 Å². The summed E-state index contributed by atoms with van der Waals surface area (Å²) in [5.74, 6) is 0. The van der Waals surface area contributed by atoms with Crippen LogP contribution >= 0.6 is 15.9 Å². The highest BCUT2D eigenvalue weighted by Gasteiger charge is 2.27. The Morgan fingerprint density at radius 2 is 2.00 bits per heavy atom. The number of hydrogen-bond donors (Lipinski definition) is 1. The smallest absolute Gasteiger partial charge is 0.407 e. The lowest BCUT2D eigenvalue weighted by Crippen LogP contribution is -2.38. The van der Waals surface area contributed by atoms with Crippen LogP contribution in [0.1, 0.15) is 30.3 Å². The molecule has 1 aliphatic heterocycles. The molecule has 1 fully saturated rings. The van der Waals surface area contributed by atoms with Gasteiger partial charge in [-0.05, 0) is 54.8 Å². The van der Waals surface area contributed by atoms with Crippen LogP contribution in [-0.2, 0) is 0 Å². The lowest BCUT2D eigenvalue weighted by atomic mass is 10.0. The summed E-state index contributed by atoms with van der Waals surface area (Å²) in [6, 6.07) is 6.04. The molecule has 8 heteroatoms. The van der Waals surface area contributed by atoms with Gasteiger partial charge in [0.2, 0.25) is 0 Å². The summed E-state index contributed by atoms with van der Waals surface area (Å²) in [5, 5.41) is 13.9. The van der Waals surface area contributed by atoms with E-state index in [1.807, 2.05) is 36.7 Å². The summed E-state index contributed by atoms with van der Waals surface area (Å²) in [5.41, 5.74) is 5.43. The first kappa shape index (κ1) is 17.9. The number of likely N-dealkylation sites (tertiary alicyclic amines) is 1. The standard InChI is InChI=1S/C19H20BrN5O2/c1-11-17(16-10-21-15-5-3-4-14(20)18(15)22-16)12(2)25(23-11)13-6-8-24(9-7-13)19(26)27/h3-5,10,13H,6-9H2,1-2H3,(H,26,27). The van der Waals surface area contributed by atoms with E-state index in [1.54, 1.807) is 6.20 Å². The molecule has 1 saturated heterocycles. The second kappa shape index (κ2) is 6.92. The van der Waals surface area contributed by atoms with Gasteiger partial charge in [-0.2, -0.15) is 5.10 Å². The van der Waals surface area contributed by atoms with Crippen LogP contribution in [0, 0.1) is 13.8 Å². The van der Waals surface area contributed by atoms with Gasteiger partial charge in [-0.1, -0.05) is 6.07 Å². The zero-order chi connectivity index (χ0) is 19.1. The van der Waals surface area contributed by atoms with E-state index in [-0.39, 0.29) is 6.04 Å². The van der Waals surface area contributed by atoms with Crippen LogP contribution in [0.4, 0.5) is 4.79 Å². The molecule has 0 atom stereocenters. The Labute approximate surface area is 165 Å².